The first-order chi connectivity index (χ1) is 12.0. The summed E-state index contributed by atoms with van der Waals surface area (Å²) in [6.07, 6.45) is 3.48. The fourth-order valence-electron chi connectivity index (χ4n) is 2.51. The van der Waals surface area contributed by atoms with E-state index in [2.05, 4.69) is 4.98 Å². The first kappa shape index (κ1) is 17.4. The van der Waals surface area contributed by atoms with Gasteiger partial charge in [-0.15, -0.1) is 0 Å². The van der Waals surface area contributed by atoms with Gasteiger partial charge in [-0.2, -0.15) is 0 Å². The van der Waals surface area contributed by atoms with Crippen LogP contribution in [0.2, 0.25) is 0 Å². The summed E-state index contributed by atoms with van der Waals surface area (Å²) in [6, 6.07) is 10.8. The minimum atomic E-state index is -0.848. The molecule has 0 bridgehead atoms. The monoisotopic (exact) mass is 358 g/mol. The minimum Gasteiger partial charge on any atom is -0.295 e. The number of carbonyl (C=O) groups is 1. The van der Waals surface area contributed by atoms with Crippen LogP contribution in [0.5, 0.6) is 0 Å². The van der Waals surface area contributed by atoms with Crippen LogP contribution in [0, 0.1) is 18.6 Å². The molecule has 128 valence electrons. The molecule has 3 rings (SSSR count). The SMILES string of the molecule is Cc1ccccc1-n1ccnc1SC(C)C(=O)c1ccc(F)cc1F. The number of hydrogen-bond acceptors (Lipinski definition) is 3. The molecule has 25 heavy (non-hydrogen) atoms. The van der Waals surface area contributed by atoms with Crippen LogP contribution in [-0.4, -0.2) is 20.6 Å². The molecule has 2 aromatic carbocycles. The van der Waals surface area contributed by atoms with E-state index in [1.165, 1.54) is 17.8 Å². The van der Waals surface area contributed by atoms with Gasteiger partial charge in [-0.05, 0) is 37.6 Å². The number of imidazole rings is 1. The molecule has 0 aliphatic rings. The Kier molecular flexibility index (Phi) is 4.99. The van der Waals surface area contributed by atoms with Crippen LogP contribution in [0.25, 0.3) is 5.69 Å². The van der Waals surface area contributed by atoms with E-state index in [1.807, 2.05) is 42.0 Å². The van der Waals surface area contributed by atoms with Crippen molar-refractivity contribution in [1.82, 2.24) is 9.55 Å². The van der Waals surface area contributed by atoms with Crippen molar-refractivity contribution < 1.29 is 13.6 Å². The summed E-state index contributed by atoms with van der Waals surface area (Å²) in [4.78, 5) is 16.8. The molecule has 0 amide bonds. The number of nitrogens with zero attached hydrogens (tertiary/aromatic N) is 2. The predicted molar refractivity (Wildman–Crippen MR) is 94.3 cm³/mol. The summed E-state index contributed by atoms with van der Waals surface area (Å²) in [7, 11) is 0. The number of aryl methyl sites for hydroxylation is 1. The third-order valence-corrected chi connectivity index (χ3v) is 4.91. The number of thioether (sulfide) groups is 1. The smallest absolute Gasteiger partial charge is 0.178 e. The summed E-state index contributed by atoms with van der Waals surface area (Å²) in [5, 5.41) is 0.0720. The second-order valence-electron chi connectivity index (χ2n) is 5.61. The van der Waals surface area contributed by atoms with E-state index < -0.39 is 22.7 Å². The lowest BCUT2D eigenvalue weighted by Gasteiger charge is -2.14. The Morgan fingerprint density at radius 3 is 2.68 bits per heavy atom. The van der Waals surface area contributed by atoms with Crippen LogP contribution in [-0.2, 0) is 0 Å². The van der Waals surface area contributed by atoms with Crippen LogP contribution >= 0.6 is 11.8 Å². The van der Waals surface area contributed by atoms with Gasteiger partial charge >= 0.3 is 0 Å². The second-order valence-corrected chi connectivity index (χ2v) is 6.92. The lowest BCUT2D eigenvalue weighted by molar-refractivity contribution is 0.0990. The Bertz CT molecular complexity index is 923. The lowest BCUT2D eigenvalue weighted by atomic mass is 10.1. The van der Waals surface area contributed by atoms with Gasteiger partial charge in [-0.25, -0.2) is 13.8 Å². The van der Waals surface area contributed by atoms with Crippen molar-refractivity contribution in [3.8, 4) is 5.69 Å². The van der Waals surface area contributed by atoms with E-state index >= 15 is 0 Å². The lowest BCUT2D eigenvalue weighted by Crippen LogP contribution is -2.16. The highest BCUT2D eigenvalue weighted by atomic mass is 32.2. The molecule has 0 saturated heterocycles. The zero-order valence-electron chi connectivity index (χ0n) is 13.7. The van der Waals surface area contributed by atoms with E-state index in [1.54, 1.807) is 13.1 Å². The Balaban J connectivity index is 1.85. The normalized spacial score (nSPS) is 12.2. The zero-order chi connectivity index (χ0) is 18.0. The van der Waals surface area contributed by atoms with Gasteiger partial charge in [-0.1, -0.05) is 30.0 Å². The molecule has 1 aromatic heterocycles. The zero-order valence-corrected chi connectivity index (χ0v) is 14.6. The van der Waals surface area contributed by atoms with Crippen molar-refractivity contribution in [2.24, 2.45) is 0 Å². The molecule has 0 spiro atoms. The number of ketones is 1. The molecule has 0 aliphatic heterocycles. The van der Waals surface area contributed by atoms with Gasteiger partial charge in [0.2, 0.25) is 0 Å². The van der Waals surface area contributed by atoms with Gasteiger partial charge in [0.15, 0.2) is 10.9 Å². The molecule has 0 radical (unpaired) electrons. The fraction of sp³-hybridized carbons (Fsp3) is 0.158. The van der Waals surface area contributed by atoms with Gasteiger partial charge in [0.25, 0.3) is 0 Å². The van der Waals surface area contributed by atoms with Crippen molar-refractivity contribution in [2.75, 3.05) is 0 Å². The van der Waals surface area contributed by atoms with Crippen molar-refractivity contribution >= 4 is 17.5 Å². The third kappa shape index (κ3) is 3.64. The average Bonchev–Trinajstić information content (AvgIpc) is 3.02. The number of rotatable bonds is 5. The molecule has 0 saturated carbocycles. The maximum Gasteiger partial charge on any atom is 0.178 e. The maximum absolute atomic E-state index is 13.8. The van der Waals surface area contributed by atoms with Gasteiger partial charge < -0.3 is 0 Å². The Labute approximate surface area is 148 Å². The molecular weight excluding hydrogens is 342 g/mol. The van der Waals surface area contributed by atoms with Crippen LogP contribution in [0.15, 0.2) is 60.0 Å². The Hall–Kier alpha value is -2.47. The molecule has 1 heterocycles. The first-order valence-corrected chi connectivity index (χ1v) is 8.60. The highest BCUT2D eigenvalue weighted by Crippen LogP contribution is 2.28. The Morgan fingerprint density at radius 2 is 1.96 bits per heavy atom. The number of carbonyl (C=O) groups excluding carboxylic acids is 1. The summed E-state index contributed by atoms with van der Waals surface area (Å²) >= 11 is 1.24. The molecule has 6 heteroatoms. The number of benzene rings is 2. The number of para-hydroxylation sites is 1. The van der Waals surface area contributed by atoms with Crippen molar-refractivity contribution in [1.29, 1.82) is 0 Å². The molecule has 1 atom stereocenters. The van der Waals surface area contributed by atoms with E-state index in [4.69, 9.17) is 0 Å². The van der Waals surface area contributed by atoms with Gasteiger partial charge in [-0.3, -0.25) is 9.36 Å². The van der Waals surface area contributed by atoms with Crippen molar-refractivity contribution in [2.45, 2.75) is 24.3 Å². The van der Waals surface area contributed by atoms with Crippen LogP contribution in [0.4, 0.5) is 8.78 Å². The van der Waals surface area contributed by atoms with Crippen molar-refractivity contribution in [3.63, 3.8) is 0 Å². The summed E-state index contributed by atoms with van der Waals surface area (Å²) < 4.78 is 28.8. The number of Topliss-reactive ketones (excluding diaryl/α,β-unsaturated/α-hetero) is 1. The van der Waals surface area contributed by atoms with E-state index in [0.29, 0.717) is 5.16 Å². The van der Waals surface area contributed by atoms with Crippen LogP contribution < -0.4 is 0 Å². The summed E-state index contributed by atoms with van der Waals surface area (Å²) in [5.41, 5.74) is 1.93. The largest absolute Gasteiger partial charge is 0.295 e. The molecule has 3 aromatic rings. The minimum absolute atomic E-state index is 0.115. The number of halogens is 2. The first-order valence-electron chi connectivity index (χ1n) is 7.72. The topological polar surface area (TPSA) is 34.9 Å². The maximum atomic E-state index is 13.8. The summed E-state index contributed by atoms with van der Waals surface area (Å²) in [6.45, 7) is 3.68. The van der Waals surface area contributed by atoms with E-state index in [-0.39, 0.29) is 5.56 Å². The van der Waals surface area contributed by atoms with Crippen molar-refractivity contribution in [3.05, 3.63) is 77.6 Å². The second kappa shape index (κ2) is 7.19. The van der Waals surface area contributed by atoms with E-state index in [9.17, 15) is 13.6 Å². The molecular formula is C19H16F2N2OS. The quantitative estimate of drug-likeness (QED) is 0.484. The predicted octanol–water partition coefficient (Wildman–Crippen LogP) is 4.82. The average molecular weight is 358 g/mol. The van der Waals surface area contributed by atoms with Crippen LogP contribution in [0.3, 0.4) is 0 Å². The van der Waals surface area contributed by atoms with Gasteiger partial charge in [0, 0.05) is 18.5 Å². The van der Waals surface area contributed by atoms with Gasteiger partial charge in [0.05, 0.1) is 16.5 Å². The molecule has 0 aliphatic carbocycles. The highest BCUT2D eigenvalue weighted by Gasteiger charge is 2.22. The standard InChI is InChI=1S/C19H16F2N2OS/c1-12-5-3-4-6-17(12)23-10-9-22-19(23)25-13(2)18(24)15-8-7-14(20)11-16(15)21/h3-11,13H,1-2H3. The molecule has 0 N–H and O–H groups in total. The van der Waals surface area contributed by atoms with Crippen LogP contribution in [0.1, 0.15) is 22.8 Å². The molecule has 0 fully saturated rings. The third-order valence-electron chi connectivity index (χ3n) is 3.83. The number of hydrogen-bond donors (Lipinski definition) is 0. The molecule has 1 unspecified atom stereocenters. The number of aromatic nitrogens is 2. The molecule has 3 nitrogen and oxygen atoms in total. The highest BCUT2D eigenvalue weighted by molar-refractivity contribution is 8.00. The Morgan fingerprint density at radius 1 is 1.20 bits per heavy atom. The summed E-state index contributed by atoms with van der Waals surface area (Å²) in [5.74, 6) is -1.95. The fourth-order valence-corrected chi connectivity index (χ4v) is 3.46. The van der Waals surface area contributed by atoms with E-state index in [0.717, 1.165) is 23.4 Å². The van der Waals surface area contributed by atoms with Gasteiger partial charge in [0.1, 0.15) is 11.6 Å².